The van der Waals surface area contributed by atoms with Crippen molar-refractivity contribution in [2.24, 2.45) is 5.41 Å². The van der Waals surface area contributed by atoms with Crippen LogP contribution in [0.2, 0.25) is 0 Å². The third kappa shape index (κ3) is 5.52. The number of likely N-dealkylation sites (tertiary alicyclic amines) is 1. The van der Waals surface area contributed by atoms with Crippen LogP contribution < -0.4 is 9.64 Å². The first-order chi connectivity index (χ1) is 23.5. The molecule has 3 fully saturated rings. The number of benzene rings is 2. The Morgan fingerprint density at radius 1 is 1.18 bits per heavy atom. The second-order valence-corrected chi connectivity index (χ2v) is 14.2. The van der Waals surface area contributed by atoms with Crippen molar-refractivity contribution in [2.75, 3.05) is 44.7 Å². The zero-order valence-corrected chi connectivity index (χ0v) is 28.1. The highest BCUT2D eigenvalue weighted by Gasteiger charge is 2.45. The number of carbonyl (C=O) groups excluding carboxylic acids is 1. The Morgan fingerprint density at radius 3 is 2.65 bits per heavy atom. The minimum atomic E-state index is -0.787. The molecule has 1 N–H and O–H groups in total. The molecule has 1 amide bonds. The summed E-state index contributed by atoms with van der Waals surface area (Å²) in [4.78, 5) is 32.9. The fourth-order valence-electron chi connectivity index (χ4n) is 8.20. The van der Waals surface area contributed by atoms with Gasteiger partial charge in [0.1, 0.15) is 35.2 Å². The van der Waals surface area contributed by atoms with Gasteiger partial charge in [0.15, 0.2) is 5.82 Å². The molecule has 49 heavy (non-hydrogen) atoms. The van der Waals surface area contributed by atoms with Gasteiger partial charge in [-0.15, -0.1) is 6.42 Å². The molecule has 9 nitrogen and oxygen atoms in total. The molecule has 5 heterocycles. The molecule has 4 aromatic rings. The van der Waals surface area contributed by atoms with E-state index in [1.807, 2.05) is 16.8 Å². The normalized spacial score (nSPS) is 19.7. The Hall–Kier alpha value is -4.82. The van der Waals surface area contributed by atoms with Crippen molar-refractivity contribution in [3.05, 3.63) is 60.3 Å². The highest BCUT2D eigenvalue weighted by Crippen LogP contribution is 2.42. The van der Waals surface area contributed by atoms with Crippen molar-refractivity contribution in [2.45, 2.75) is 57.5 Å². The van der Waals surface area contributed by atoms with E-state index in [-0.39, 0.29) is 62.4 Å². The van der Waals surface area contributed by atoms with E-state index in [2.05, 4.69) is 41.2 Å². The molecule has 2 aromatic heterocycles. The molecular weight excluding hydrogens is 626 g/mol. The van der Waals surface area contributed by atoms with Gasteiger partial charge >= 0.3 is 6.01 Å². The summed E-state index contributed by atoms with van der Waals surface area (Å²) in [5, 5.41) is 11.6. The molecule has 7 rings (SSSR count). The molecule has 3 aliphatic rings. The number of fused-ring (bicyclic) bond motifs is 3. The highest BCUT2D eigenvalue weighted by atomic mass is 19.1. The van der Waals surface area contributed by atoms with E-state index in [9.17, 15) is 14.3 Å². The maximum Gasteiger partial charge on any atom is 0.319 e. The topological polar surface area (TPSA) is 94.9 Å². The number of rotatable bonds is 8. The van der Waals surface area contributed by atoms with Crippen LogP contribution in [0.15, 0.2) is 43.1 Å². The number of halogens is 2. The Labute approximate surface area is 284 Å². The van der Waals surface area contributed by atoms with Crippen LogP contribution in [-0.4, -0.2) is 87.2 Å². The number of pyridine rings is 1. The van der Waals surface area contributed by atoms with Gasteiger partial charge in [-0.05, 0) is 80.3 Å². The summed E-state index contributed by atoms with van der Waals surface area (Å²) >= 11 is 0. The second-order valence-electron chi connectivity index (χ2n) is 14.2. The number of ether oxygens (including phenoxy) is 1. The first-order valence-corrected chi connectivity index (χ1v) is 16.8. The first-order valence-electron chi connectivity index (χ1n) is 16.8. The van der Waals surface area contributed by atoms with E-state index in [1.54, 1.807) is 0 Å². The van der Waals surface area contributed by atoms with Crippen LogP contribution in [0.25, 0.3) is 32.9 Å². The third-order valence-electron chi connectivity index (χ3n) is 10.9. The average molecular weight is 667 g/mol. The van der Waals surface area contributed by atoms with E-state index in [1.165, 1.54) is 36.5 Å². The van der Waals surface area contributed by atoms with Crippen LogP contribution in [-0.2, 0) is 4.79 Å². The number of carbonyl (C=O) groups is 1. The number of terminal acetylenes is 1. The van der Waals surface area contributed by atoms with Gasteiger partial charge in [0.05, 0.1) is 22.5 Å². The average Bonchev–Trinajstić information content (AvgIpc) is 3.75. The lowest BCUT2D eigenvalue weighted by Crippen LogP contribution is -2.47. The van der Waals surface area contributed by atoms with Gasteiger partial charge in [0, 0.05) is 37.3 Å². The van der Waals surface area contributed by atoms with E-state index < -0.39 is 11.6 Å². The lowest BCUT2D eigenvalue weighted by atomic mass is 9.84. The number of hydrogen-bond donors (Lipinski definition) is 1. The molecule has 3 aliphatic heterocycles. The fourth-order valence-corrected chi connectivity index (χ4v) is 8.20. The summed E-state index contributed by atoms with van der Waals surface area (Å²) in [5.41, 5.74) is -0.401. The number of amides is 1. The van der Waals surface area contributed by atoms with Crippen molar-refractivity contribution in [1.82, 2.24) is 24.8 Å². The van der Waals surface area contributed by atoms with Crippen LogP contribution in [0.4, 0.5) is 14.6 Å². The maximum absolute atomic E-state index is 16.9. The molecule has 3 saturated heterocycles. The standard InChI is InChI=1S/C38H40F2N6O3/c1-6-25-28(39)11-10-23-18-24(47)19-26(31(23)25)33-32(40)34-27(20-41-33)35(44(5)21-29-37(3,4)14-17-46(29)30(48)7-2)43-36(42-34)49-22-38-12-8-15-45(38)16-9-13-38/h1,7,10-11,18-20,29,47H,2,8-9,12-17,21-22H2,3-5H3/t29-/m1/s1. The number of likely N-dealkylation sites (N-methyl/N-ethyl adjacent to an activating group) is 1. The number of hydrogen-bond acceptors (Lipinski definition) is 8. The Morgan fingerprint density at radius 2 is 1.94 bits per heavy atom. The largest absolute Gasteiger partial charge is 0.508 e. The monoisotopic (exact) mass is 666 g/mol. The van der Waals surface area contributed by atoms with Crippen LogP contribution in [0.5, 0.6) is 11.8 Å². The number of phenolic OH excluding ortho intramolecular Hbond substituents is 1. The smallest absolute Gasteiger partial charge is 0.319 e. The summed E-state index contributed by atoms with van der Waals surface area (Å²) in [6.07, 6.45) is 13.5. The molecule has 11 heteroatoms. The quantitative estimate of drug-likeness (QED) is 0.179. The number of aromatic nitrogens is 3. The number of nitrogens with zero attached hydrogens (tertiary/aromatic N) is 6. The van der Waals surface area contributed by atoms with Crippen molar-refractivity contribution in [1.29, 1.82) is 0 Å². The lowest BCUT2D eigenvalue weighted by Gasteiger charge is -2.36. The van der Waals surface area contributed by atoms with E-state index in [4.69, 9.17) is 16.1 Å². The fraction of sp³-hybridized carbons (Fsp3) is 0.421. The number of anilines is 1. The van der Waals surface area contributed by atoms with Gasteiger partial charge in [-0.25, -0.2) is 8.78 Å². The van der Waals surface area contributed by atoms with Gasteiger partial charge in [0.25, 0.3) is 0 Å². The molecule has 0 unspecified atom stereocenters. The van der Waals surface area contributed by atoms with Crippen LogP contribution in [0.3, 0.4) is 0 Å². The number of aromatic hydroxyl groups is 1. The van der Waals surface area contributed by atoms with Crippen molar-refractivity contribution >= 4 is 33.4 Å². The van der Waals surface area contributed by atoms with Gasteiger partial charge < -0.3 is 19.6 Å². The van der Waals surface area contributed by atoms with Gasteiger partial charge in [0.2, 0.25) is 5.91 Å². The molecular formula is C38H40F2N6O3. The van der Waals surface area contributed by atoms with E-state index in [0.717, 1.165) is 45.2 Å². The molecule has 2 aromatic carbocycles. The predicted octanol–water partition coefficient (Wildman–Crippen LogP) is 6.07. The zero-order chi connectivity index (χ0) is 34.7. The summed E-state index contributed by atoms with van der Waals surface area (Å²) in [6, 6.07) is 5.32. The minimum absolute atomic E-state index is 0.0272. The number of phenols is 1. The molecule has 0 radical (unpaired) electrons. The molecule has 0 spiro atoms. The van der Waals surface area contributed by atoms with Crippen molar-refractivity contribution in [3.8, 4) is 35.4 Å². The summed E-state index contributed by atoms with van der Waals surface area (Å²) in [7, 11) is 1.85. The zero-order valence-electron chi connectivity index (χ0n) is 28.1. The molecule has 254 valence electrons. The van der Waals surface area contributed by atoms with Crippen LogP contribution in [0, 0.1) is 29.4 Å². The summed E-state index contributed by atoms with van der Waals surface area (Å²) < 4.78 is 38.2. The van der Waals surface area contributed by atoms with Crippen molar-refractivity contribution in [3.63, 3.8) is 0 Å². The molecule has 0 aliphatic carbocycles. The maximum atomic E-state index is 16.9. The van der Waals surface area contributed by atoms with E-state index >= 15 is 4.39 Å². The highest BCUT2D eigenvalue weighted by molar-refractivity contribution is 6.03. The Kier molecular flexibility index (Phi) is 8.18. The van der Waals surface area contributed by atoms with Gasteiger partial charge in [-0.1, -0.05) is 32.4 Å². The minimum Gasteiger partial charge on any atom is -0.508 e. The predicted molar refractivity (Wildman–Crippen MR) is 185 cm³/mol. The van der Waals surface area contributed by atoms with Crippen molar-refractivity contribution < 1.29 is 23.4 Å². The summed E-state index contributed by atoms with van der Waals surface area (Å²) in [5.74, 6) is 1.05. The molecule has 0 saturated carbocycles. The molecule has 1 atom stereocenters. The third-order valence-corrected chi connectivity index (χ3v) is 10.9. The Balaban J connectivity index is 1.36. The summed E-state index contributed by atoms with van der Waals surface area (Å²) in [6.45, 7) is 11.4. The SMILES string of the molecule is C#Cc1c(F)ccc2cc(O)cc(-c3ncc4c(N(C)C[C@H]5N(C(=O)C=C)CCC5(C)C)nc(OCC56CCCN5CCC6)nc4c3F)c12. The van der Waals surface area contributed by atoms with Crippen LogP contribution >= 0.6 is 0 Å². The van der Waals surface area contributed by atoms with Crippen LogP contribution in [0.1, 0.15) is 51.5 Å². The molecule has 0 bridgehead atoms. The first kappa shape index (κ1) is 32.7. The second kappa shape index (κ2) is 12.3. The lowest BCUT2D eigenvalue weighted by molar-refractivity contribution is -0.127. The van der Waals surface area contributed by atoms with E-state index in [0.29, 0.717) is 36.3 Å². The van der Waals surface area contributed by atoms with Gasteiger partial charge in [-0.3, -0.25) is 14.7 Å². The Bertz CT molecular complexity index is 2030. The van der Waals surface area contributed by atoms with Gasteiger partial charge in [-0.2, -0.15) is 9.97 Å².